The predicted octanol–water partition coefficient (Wildman–Crippen LogP) is 1.55. The monoisotopic (exact) mass is 155 g/mol. The molecule has 1 aliphatic rings. The van der Waals surface area contributed by atoms with Gasteiger partial charge in [-0.15, -0.1) is 4.89 Å². The van der Waals surface area contributed by atoms with Crippen LogP contribution in [0.15, 0.2) is 30.3 Å². The van der Waals surface area contributed by atoms with E-state index in [1.807, 2.05) is 18.2 Å². The maximum absolute atomic E-state index is 4.93. The topological polar surface area (TPSA) is 34.5 Å². The van der Waals surface area contributed by atoms with Gasteiger partial charge in [-0.3, -0.25) is 0 Å². The summed E-state index contributed by atoms with van der Waals surface area (Å²) in [5.74, 6) is 1.04. The third-order valence-corrected chi connectivity index (χ3v) is 2.48. The number of hydrogen-bond donors (Lipinski definition) is 2. The summed E-state index contributed by atoms with van der Waals surface area (Å²) >= 11 is -0.277. The Balaban J connectivity index is 2.03. The van der Waals surface area contributed by atoms with Gasteiger partial charge in [-0.1, -0.05) is 30.3 Å². The number of rotatable bonds is 2. The fraction of sp³-hybridized carbons (Fsp3) is 0.143. The molecule has 0 spiro atoms. The van der Waals surface area contributed by atoms with Crippen molar-refractivity contribution in [2.45, 2.75) is 5.75 Å². The van der Waals surface area contributed by atoms with Crippen molar-refractivity contribution < 1.29 is 4.28 Å². The van der Waals surface area contributed by atoms with Crippen LogP contribution >= 0.6 is 11.4 Å². The summed E-state index contributed by atoms with van der Waals surface area (Å²) in [5, 5.41) is 0. The molecule has 2 nitrogen and oxygen atoms in total. The SMILES string of the molecule is c1ccc(C[SH]2NO2)cc1. The fourth-order valence-corrected chi connectivity index (χ4v) is 1.75. The van der Waals surface area contributed by atoms with Gasteiger partial charge in [-0.2, -0.15) is 0 Å². The van der Waals surface area contributed by atoms with Crippen LogP contribution in [0.1, 0.15) is 5.56 Å². The van der Waals surface area contributed by atoms with Gasteiger partial charge in [0.25, 0.3) is 0 Å². The van der Waals surface area contributed by atoms with Crippen molar-refractivity contribution in [1.29, 1.82) is 0 Å². The molecule has 0 bridgehead atoms. The van der Waals surface area contributed by atoms with E-state index in [1.165, 1.54) is 5.56 Å². The van der Waals surface area contributed by atoms with Gasteiger partial charge in [0.2, 0.25) is 0 Å². The molecule has 1 heterocycles. The Morgan fingerprint density at radius 3 is 2.60 bits per heavy atom. The van der Waals surface area contributed by atoms with Gasteiger partial charge in [0.15, 0.2) is 0 Å². The second-order valence-corrected chi connectivity index (χ2v) is 3.64. The van der Waals surface area contributed by atoms with Gasteiger partial charge in [0, 0.05) is 5.75 Å². The van der Waals surface area contributed by atoms with Crippen molar-refractivity contribution >= 4 is 11.4 Å². The van der Waals surface area contributed by atoms with Crippen molar-refractivity contribution in [1.82, 2.24) is 4.89 Å². The van der Waals surface area contributed by atoms with Crippen molar-refractivity contribution in [3.8, 4) is 0 Å². The lowest BCUT2D eigenvalue weighted by atomic mass is 10.2. The highest BCUT2D eigenvalue weighted by molar-refractivity contribution is 8.14. The molecule has 0 aliphatic carbocycles. The van der Waals surface area contributed by atoms with E-state index < -0.39 is 0 Å². The Bertz CT molecular complexity index is 210. The molecule has 0 amide bonds. The summed E-state index contributed by atoms with van der Waals surface area (Å²) in [6, 6.07) is 10.4. The summed E-state index contributed by atoms with van der Waals surface area (Å²) in [7, 11) is 0. The lowest BCUT2D eigenvalue weighted by Crippen LogP contribution is -1.77. The second-order valence-electron chi connectivity index (χ2n) is 2.20. The van der Waals surface area contributed by atoms with E-state index in [2.05, 4.69) is 17.0 Å². The number of benzene rings is 1. The normalized spacial score (nSPS) is 26.2. The standard InChI is InChI=1S/C7H9NOS/c1-2-4-7(5-3-1)6-10-8-9-10/h1-5,8,10H,6H2. The van der Waals surface area contributed by atoms with E-state index in [-0.39, 0.29) is 11.4 Å². The van der Waals surface area contributed by atoms with Gasteiger partial charge in [0.05, 0.1) is 0 Å². The van der Waals surface area contributed by atoms with Gasteiger partial charge in [-0.25, -0.2) is 4.28 Å². The summed E-state index contributed by atoms with van der Waals surface area (Å²) in [4.78, 5) is 2.85. The van der Waals surface area contributed by atoms with Crippen LogP contribution in [0.2, 0.25) is 0 Å². The average molecular weight is 155 g/mol. The summed E-state index contributed by atoms with van der Waals surface area (Å²) < 4.78 is 4.93. The molecule has 1 aliphatic heterocycles. The van der Waals surface area contributed by atoms with E-state index in [0.29, 0.717) is 0 Å². The number of hydrogen-bond acceptors (Lipinski definition) is 2. The van der Waals surface area contributed by atoms with Crippen molar-refractivity contribution in [2.24, 2.45) is 0 Å². The molecule has 1 aromatic carbocycles. The molecule has 54 valence electrons. The molecule has 0 saturated carbocycles. The number of nitrogens with one attached hydrogen (secondary N) is 1. The minimum Gasteiger partial charge on any atom is -0.230 e. The highest BCUT2D eigenvalue weighted by Gasteiger charge is 2.16. The van der Waals surface area contributed by atoms with E-state index in [1.54, 1.807) is 0 Å². The third kappa shape index (κ3) is 1.50. The molecule has 1 atom stereocenters. The van der Waals surface area contributed by atoms with Crippen LogP contribution in [0.4, 0.5) is 0 Å². The molecule has 3 heteroatoms. The lowest BCUT2D eigenvalue weighted by molar-refractivity contribution is 0.469. The summed E-state index contributed by atoms with van der Waals surface area (Å²) in [6.07, 6.45) is 0. The smallest absolute Gasteiger partial charge is 0.0378 e. The van der Waals surface area contributed by atoms with Crippen molar-refractivity contribution in [3.63, 3.8) is 0 Å². The first-order chi connectivity index (χ1) is 4.95. The van der Waals surface area contributed by atoms with E-state index in [0.717, 1.165) is 5.75 Å². The Hall–Kier alpha value is -0.510. The first kappa shape index (κ1) is 6.22. The zero-order chi connectivity index (χ0) is 6.81. The van der Waals surface area contributed by atoms with Gasteiger partial charge >= 0.3 is 0 Å². The quantitative estimate of drug-likeness (QED) is 0.502. The lowest BCUT2D eigenvalue weighted by Gasteiger charge is -1.94. The third-order valence-electron chi connectivity index (χ3n) is 1.39. The van der Waals surface area contributed by atoms with E-state index in [4.69, 9.17) is 4.28 Å². The predicted molar refractivity (Wildman–Crippen MR) is 43.4 cm³/mol. The molecular formula is C7H9NOS. The Morgan fingerprint density at radius 1 is 1.30 bits per heavy atom. The van der Waals surface area contributed by atoms with Gasteiger partial charge in [-0.05, 0) is 16.9 Å². The molecule has 1 fully saturated rings. The minimum absolute atomic E-state index is 0.277. The summed E-state index contributed by atoms with van der Waals surface area (Å²) in [5.41, 5.74) is 1.35. The van der Waals surface area contributed by atoms with Crippen molar-refractivity contribution in [2.75, 3.05) is 0 Å². The average Bonchev–Trinajstić information content (AvgIpc) is 2.74. The molecule has 10 heavy (non-hydrogen) atoms. The maximum Gasteiger partial charge on any atom is 0.0378 e. The van der Waals surface area contributed by atoms with Crippen LogP contribution in [0.25, 0.3) is 0 Å². The van der Waals surface area contributed by atoms with Gasteiger partial charge < -0.3 is 0 Å². The highest BCUT2D eigenvalue weighted by Crippen LogP contribution is 2.37. The molecule has 0 aromatic heterocycles. The Morgan fingerprint density at radius 2 is 2.00 bits per heavy atom. The first-order valence-corrected chi connectivity index (χ1v) is 4.64. The Kier molecular flexibility index (Phi) is 1.63. The molecule has 1 unspecified atom stereocenters. The van der Waals surface area contributed by atoms with Crippen LogP contribution in [-0.4, -0.2) is 0 Å². The first-order valence-electron chi connectivity index (χ1n) is 3.19. The van der Waals surface area contributed by atoms with Crippen LogP contribution < -0.4 is 4.89 Å². The van der Waals surface area contributed by atoms with Gasteiger partial charge in [0.1, 0.15) is 0 Å². The highest BCUT2D eigenvalue weighted by atomic mass is 32.2. The minimum atomic E-state index is -0.277. The number of thiol groups is 1. The van der Waals surface area contributed by atoms with Crippen LogP contribution in [0.3, 0.4) is 0 Å². The summed E-state index contributed by atoms with van der Waals surface area (Å²) in [6.45, 7) is 0. The van der Waals surface area contributed by atoms with Crippen LogP contribution in [0, 0.1) is 0 Å². The molecular weight excluding hydrogens is 146 g/mol. The van der Waals surface area contributed by atoms with Crippen molar-refractivity contribution in [3.05, 3.63) is 35.9 Å². The molecule has 2 rings (SSSR count). The molecule has 0 radical (unpaired) electrons. The van der Waals surface area contributed by atoms with Crippen LogP contribution in [0.5, 0.6) is 0 Å². The molecule has 1 N–H and O–H groups in total. The zero-order valence-electron chi connectivity index (χ0n) is 5.45. The largest absolute Gasteiger partial charge is 0.230 e. The van der Waals surface area contributed by atoms with E-state index in [9.17, 15) is 0 Å². The van der Waals surface area contributed by atoms with E-state index >= 15 is 0 Å². The fourth-order valence-electron chi connectivity index (χ4n) is 0.843. The zero-order valence-corrected chi connectivity index (χ0v) is 6.34. The second kappa shape index (κ2) is 2.62. The molecule has 1 saturated heterocycles. The molecule has 1 aromatic rings. The maximum atomic E-state index is 4.93. The van der Waals surface area contributed by atoms with Crippen LogP contribution in [-0.2, 0) is 10.0 Å². The Labute approximate surface area is 62.8 Å².